The number of piperidine rings is 1. The first-order valence-electron chi connectivity index (χ1n) is 9.94. The van der Waals surface area contributed by atoms with Gasteiger partial charge >= 0.3 is 6.03 Å². The van der Waals surface area contributed by atoms with Crippen LogP contribution in [0.2, 0.25) is 0 Å². The molecule has 1 aromatic carbocycles. The van der Waals surface area contributed by atoms with Crippen molar-refractivity contribution in [2.45, 2.75) is 44.6 Å². The van der Waals surface area contributed by atoms with Gasteiger partial charge in [-0.1, -0.05) is 18.6 Å². The standard InChI is InChI=1S/C21H28N4O2/c1-27-19-10-3-2-9-18(19)23-21(26)25-12-5-8-17(15-25)20-22-11-13-24(20)14-16-6-4-7-16/h2-3,9-11,13,16-17H,4-8,12,14-15H2,1H3,(H,23,26). The Morgan fingerprint density at radius 2 is 2.11 bits per heavy atom. The maximum absolute atomic E-state index is 12.8. The van der Waals surface area contributed by atoms with Gasteiger partial charge in [-0.05, 0) is 43.7 Å². The Labute approximate surface area is 160 Å². The van der Waals surface area contributed by atoms with Gasteiger partial charge in [-0.3, -0.25) is 0 Å². The molecule has 6 heteroatoms. The Balaban J connectivity index is 1.42. The molecule has 6 nitrogen and oxygen atoms in total. The maximum Gasteiger partial charge on any atom is 0.321 e. The lowest BCUT2D eigenvalue weighted by atomic mass is 9.85. The highest BCUT2D eigenvalue weighted by molar-refractivity contribution is 5.91. The summed E-state index contributed by atoms with van der Waals surface area (Å²) in [6, 6.07) is 7.44. The van der Waals surface area contributed by atoms with Crippen LogP contribution in [-0.4, -0.2) is 40.7 Å². The van der Waals surface area contributed by atoms with Crippen LogP contribution in [0.3, 0.4) is 0 Å². The lowest BCUT2D eigenvalue weighted by Crippen LogP contribution is -2.42. The zero-order chi connectivity index (χ0) is 18.6. The highest BCUT2D eigenvalue weighted by Crippen LogP contribution is 2.31. The van der Waals surface area contributed by atoms with Gasteiger partial charge in [-0.2, -0.15) is 0 Å². The number of urea groups is 1. The molecule has 2 aromatic rings. The molecule has 2 amide bonds. The molecule has 1 aromatic heterocycles. The molecule has 1 saturated heterocycles. The van der Waals surface area contributed by atoms with E-state index in [9.17, 15) is 4.79 Å². The van der Waals surface area contributed by atoms with E-state index < -0.39 is 0 Å². The number of imidazole rings is 1. The quantitative estimate of drug-likeness (QED) is 0.864. The van der Waals surface area contributed by atoms with Crippen molar-refractivity contribution in [2.75, 3.05) is 25.5 Å². The van der Waals surface area contributed by atoms with Crippen LogP contribution in [0.4, 0.5) is 10.5 Å². The summed E-state index contributed by atoms with van der Waals surface area (Å²) in [7, 11) is 1.61. The predicted molar refractivity (Wildman–Crippen MR) is 105 cm³/mol. The summed E-state index contributed by atoms with van der Waals surface area (Å²) in [5.41, 5.74) is 0.707. The first-order valence-corrected chi connectivity index (χ1v) is 9.94. The normalized spacial score (nSPS) is 20.2. The van der Waals surface area contributed by atoms with Crippen molar-refractivity contribution < 1.29 is 9.53 Å². The second-order valence-electron chi connectivity index (χ2n) is 7.65. The van der Waals surface area contributed by atoms with Crippen LogP contribution < -0.4 is 10.1 Å². The largest absolute Gasteiger partial charge is 0.495 e. The highest BCUT2D eigenvalue weighted by atomic mass is 16.5. The summed E-state index contributed by atoms with van der Waals surface area (Å²) in [6.07, 6.45) is 10.1. The molecule has 2 aliphatic rings. The molecule has 4 rings (SSSR count). The minimum atomic E-state index is -0.0682. The number of hydrogen-bond donors (Lipinski definition) is 1. The molecule has 1 aliphatic heterocycles. The van der Waals surface area contributed by atoms with Crippen molar-refractivity contribution in [3.05, 3.63) is 42.5 Å². The van der Waals surface area contributed by atoms with E-state index in [1.807, 2.05) is 35.4 Å². The van der Waals surface area contributed by atoms with Crippen molar-refractivity contribution in [3.8, 4) is 5.75 Å². The number of aromatic nitrogens is 2. The number of ether oxygens (including phenoxy) is 1. The number of carbonyl (C=O) groups is 1. The van der Waals surface area contributed by atoms with Crippen LogP contribution >= 0.6 is 0 Å². The van der Waals surface area contributed by atoms with Crippen molar-refractivity contribution in [1.82, 2.24) is 14.5 Å². The molecular weight excluding hydrogens is 340 g/mol. The Bertz CT molecular complexity index is 784. The van der Waals surface area contributed by atoms with Gasteiger partial charge in [-0.15, -0.1) is 0 Å². The van der Waals surface area contributed by atoms with Crippen LogP contribution in [-0.2, 0) is 6.54 Å². The number of anilines is 1. The molecule has 1 N–H and O–H groups in total. The van der Waals surface area contributed by atoms with E-state index in [4.69, 9.17) is 4.74 Å². The fraction of sp³-hybridized carbons (Fsp3) is 0.524. The van der Waals surface area contributed by atoms with Crippen molar-refractivity contribution in [3.63, 3.8) is 0 Å². The molecule has 27 heavy (non-hydrogen) atoms. The first kappa shape index (κ1) is 17.9. The molecule has 0 bridgehead atoms. The number of hydrogen-bond acceptors (Lipinski definition) is 3. The van der Waals surface area contributed by atoms with E-state index in [1.54, 1.807) is 7.11 Å². The minimum absolute atomic E-state index is 0.0682. The average molecular weight is 368 g/mol. The van der Waals surface area contributed by atoms with Crippen molar-refractivity contribution >= 4 is 11.7 Å². The lowest BCUT2D eigenvalue weighted by molar-refractivity contribution is 0.189. The van der Waals surface area contributed by atoms with Gasteiger partial charge in [0.1, 0.15) is 11.6 Å². The van der Waals surface area contributed by atoms with Crippen molar-refractivity contribution in [2.24, 2.45) is 5.92 Å². The topological polar surface area (TPSA) is 59.4 Å². The van der Waals surface area contributed by atoms with Crippen LogP contribution in [0.15, 0.2) is 36.7 Å². The zero-order valence-electron chi connectivity index (χ0n) is 15.9. The monoisotopic (exact) mass is 368 g/mol. The maximum atomic E-state index is 12.8. The van der Waals surface area contributed by atoms with E-state index in [-0.39, 0.29) is 6.03 Å². The lowest BCUT2D eigenvalue weighted by Gasteiger charge is -2.33. The molecule has 0 spiro atoms. The number of nitrogens with one attached hydrogen (secondary N) is 1. The SMILES string of the molecule is COc1ccccc1NC(=O)N1CCCC(c2nccn2CC2CCC2)C1. The van der Waals surface area contributed by atoms with Crippen LogP contribution in [0.5, 0.6) is 5.75 Å². The van der Waals surface area contributed by atoms with E-state index in [0.29, 0.717) is 23.9 Å². The summed E-state index contributed by atoms with van der Waals surface area (Å²) in [5.74, 6) is 2.91. The zero-order valence-corrected chi connectivity index (χ0v) is 15.9. The summed E-state index contributed by atoms with van der Waals surface area (Å²) in [4.78, 5) is 19.3. The number of benzene rings is 1. The Morgan fingerprint density at radius 3 is 2.89 bits per heavy atom. The second-order valence-corrected chi connectivity index (χ2v) is 7.65. The van der Waals surface area contributed by atoms with Crippen LogP contribution in [0.1, 0.15) is 43.8 Å². The number of nitrogens with zero attached hydrogens (tertiary/aromatic N) is 3. The van der Waals surface area contributed by atoms with Gasteiger partial charge in [0.15, 0.2) is 0 Å². The predicted octanol–water partition coefficient (Wildman–Crippen LogP) is 4.10. The molecular formula is C21H28N4O2. The molecule has 0 radical (unpaired) electrons. The average Bonchev–Trinajstić information content (AvgIpc) is 3.13. The summed E-state index contributed by atoms with van der Waals surface area (Å²) in [6.45, 7) is 2.56. The Morgan fingerprint density at radius 1 is 1.26 bits per heavy atom. The fourth-order valence-corrected chi connectivity index (χ4v) is 4.10. The molecule has 2 heterocycles. The smallest absolute Gasteiger partial charge is 0.321 e. The molecule has 1 saturated carbocycles. The third kappa shape index (κ3) is 3.94. The molecule has 1 aliphatic carbocycles. The van der Waals surface area contributed by atoms with E-state index in [1.165, 1.54) is 19.3 Å². The van der Waals surface area contributed by atoms with Gasteiger partial charge in [0, 0.05) is 37.9 Å². The molecule has 1 atom stereocenters. The molecule has 2 fully saturated rings. The summed E-state index contributed by atoms with van der Waals surface area (Å²) < 4.78 is 7.65. The van der Waals surface area contributed by atoms with E-state index >= 15 is 0 Å². The third-order valence-electron chi connectivity index (χ3n) is 5.85. The number of carbonyl (C=O) groups excluding carboxylic acids is 1. The van der Waals surface area contributed by atoms with E-state index in [0.717, 1.165) is 37.7 Å². The second kappa shape index (κ2) is 8.03. The first-order chi connectivity index (χ1) is 13.2. The molecule has 1 unspecified atom stereocenters. The number of likely N-dealkylation sites (tertiary alicyclic amines) is 1. The van der Waals surface area contributed by atoms with Gasteiger partial charge in [0.05, 0.1) is 12.8 Å². The number of amides is 2. The van der Waals surface area contributed by atoms with E-state index in [2.05, 4.69) is 21.1 Å². The Kier molecular flexibility index (Phi) is 5.32. The van der Waals surface area contributed by atoms with Gasteiger partial charge in [-0.25, -0.2) is 9.78 Å². The van der Waals surface area contributed by atoms with Gasteiger partial charge in [0.2, 0.25) is 0 Å². The number of rotatable bonds is 5. The van der Waals surface area contributed by atoms with Gasteiger partial charge < -0.3 is 19.5 Å². The fourth-order valence-electron chi connectivity index (χ4n) is 4.10. The summed E-state index contributed by atoms with van der Waals surface area (Å²) >= 11 is 0. The minimum Gasteiger partial charge on any atom is -0.495 e. The Hall–Kier alpha value is -2.50. The molecule has 144 valence electrons. The van der Waals surface area contributed by atoms with Gasteiger partial charge in [0.25, 0.3) is 0 Å². The van der Waals surface area contributed by atoms with Crippen LogP contribution in [0.25, 0.3) is 0 Å². The number of methoxy groups -OCH3 is 1. The third-order valence-corrected chi connectivity index (χ3v) is 5.85. The summed E-state index contributed by atoms with van der Waals surface area (Å²) in [5, 5.41) is 3.00. The van der Waals surface area contributed by atoms with Crippen molar-refractivity contribution in [1.29, 1.82) is 0 Å². The highest BCUT2D eigenvalue weighted by Gasteiger charge is 2.29. The number of para-hydroxylation sites is 2. The van der Waals surface area contributed by atoms with Crippen LogP contribution in [0, 0.1) is 5.92 Å².